The van der Waals surface area contributed by atoms with Crippen LogP contribution in [0, 0.1) is 5.21 Å². The summed E-state index contributed by atoms with van der Waals surface area (Å²) in [6.45, 7) is 0. The Bertz CT molecular complexity index is 148. The molecule has 44 valence electrons. The van der Waals surface area contributed by atoms with Crippen LogP contribution in [0.3, 0.4) is 0 Å². The van der Waals surface area contributed by atoms with Gasteiger partial charge in [0.05, 0.1) is 6.20 Å². The minimum absolute atomic E-state index is 0.0231. The predicted octanol–water partition coefficient (Wildman–Crippen LogP) is -1.19. The van der Waals surface area contributed by atoms with Crippen LogP contribution in [0.5, 0.6) is 0 Å². The van der Waals surface area contributed by atoms with E-state index >= 15 is 0 Å². The van der Waals surface area contributed by atoms with Gasteiger partial charge >= 0.3 is 5.95 Å². The maximum atomic E-state index is 9.97. The van der Waals surface area contributed by atoms with Gasteiger partial charge in [-0.1, -0.05) is 0 Å². The number of imidazole rings is 1. The number of quaternary nitrogens is 1. The molecule has 1 atom stereocenters. The van der Waals surface area contributed by atoms with Crippen LogP contribution in [-0.2, 0) is 0 Å². The van der Waals surface area contributed by atoms with Crippen LogP contribution in [0.1, 0.15) is 0 Å². The highest BCUT2D eigenvalue weighted by Crippen LogP contribution is 1.82. The highest BCUT2D eigenvalue weighted by Gasteiger charge is 1.96. The molecule has 0 radical (unpaired) electrons. The van der Waals surface area contributed by atoms with Gasteiger partial charge in [-0.2, -0.15) is 10.2 Å². The van der Waals surface area contributed by atoms with Gasteiger partial charge in [0.25, 0.3) is 0 Å². The van der Waals surface area contributed by atoms with Crippen LogP contribution < -0.4 is 5.23 Å². The van der Waals surface area contributed by atoms with Crippen molar-refractivity contribution in [2.45, 2.75) is 0 Å². The molecule has 0 aliphatic carbocycles. The van der Waals surface area contributed by atoms with Crippen molar-refractivity contribution >= 4 is 5.95 Å². The summed E-state index contributed by atoms with van der Waals surface area (Å²) in [4.78, 5) is 5.89. The number of rotatable bonds is 1. The van der Waals surface area contributed by atoms with E-state index in [0.717, 1.165) is 0 Å². The predicted molar refractivity (Wildman–Crippen MR) is 24.4 cm³/mol. The minimum Gasteiger partial charge on any atom is -0.592 e. The molecular formula is C3H5N3O2. The van der Waals surface area contributed by atoms with E-state index in [1.807, 2.05) is 0 Å². The van der Waals surface area contributed by atoms with Gasteiger partial charge in [0, 0.05) is 6.20 Å². The topological polar surface area (TPSA) is 76.4 Å². The number of hydrogen-bond donors (Lipinski definition) is 3. The molecule has 1 heterocycles. The van der Waals surface area contributed by atoms with Crippen molar-refractivity contribution in [3.63, 3.8) is 0 Å². The second-order valence-electron chi connectivity index (χ2n) is 1.24. The van der Waals surface area contributed by atoms with Gasteiger partial charge in [0.2, 0.25) is 0 Å². The number of H-pyrrole nitrogens is 1. The summed E-state index contributed by atoms with van der Waals surface area (Å²) in [7, 11) is 0. The molecule has 8 heavy (non-hydrogen) atoms. The first-order valence-corrected chi connectivity index (χ1v) is 2.03. The average molecular weight is 115 g/mol. The summed E-state index contributed by atoms with van der Waals surface area (Å²) < 4.78 is 0. The van der Waals surface area contributed by atoms with E-state index in [9.17, 15) is 5.21 Å². The number of aromatic nitrogens is 2. The lowest BCUT2D eigenvalue weighted by atomic mass is 11.0. The van der Waals surface area contributed by atoms with Crippen LogP contribution in [-0.4, -0.2) is 15.2 Å². The standard InChI is InChI=1S/C3H5N3O2/c7-6(8)3-4-1-2-5-3/h1-2,6-7H,(H,4,5). The van der Waals surface area contributed by atoms with Crippen LogP contribution >= 0.6 is 0 Å². The van der Waals surface area contributed by atoms with Crippen LogP contribution in [0.4, 0.5) is 5.95 Å². The Morgan fingerprint density at radius 3 is 2.88 bits per heavy atom. The van der Waals surface area contributed by atoms with Crippen LogP contribution in [0.25, 0.3) is 0 Å². The van der Waals surface area contributed by atoms with Crippen LogP contribution in [0.2, 0.25) is 0 Å². The largest absolute Gasteiger partial charge is 0.592 e. The number of hydrogen-bond acceptors (Lipinski definition) is 3. The molecule has 0 spiro atoms. The van der Waals surface area contributed by atoms with Gasteiger partial charge in [-0.15, -0.1) is 0 Å². The Balaban J connectivity index is 2.77. The summed E-state index contributed by atoms with van der Waals surface area (Å²) in [5.41, 5.74) is 0. The molecule has 0 fully saturated rings. The maximum Gasteiger partial charge on any atom is 0.338 e. The highest BCUT2D eigenvalue weighted by molar-refractivity contribution is 4.99. The molecule has 0 aliphatic rings. The Hall–Kier alpha value is -0.910. The van der Waals surface area contributed by atoms with E-state index in [-0.39, 0.29) is 5.95 Å². The summed E-state index contributed by atoms with van der Waals surface area (Å²) in [6, 6.07) is 0. The second kappa shape index (κ2) is 1.91. The van der Waals surface area contributed by atoms with E-state index in [1.54, 1.807) is 0 Å². The number of nitrogens with one attached hydrogen (secondary N) is 2. The van der Waals surface area contributed by atoms with E-state index in [0.29, 0.717) is 0 Å². The first-order valence-electron chi connectivity index (χ1n) is 2.03. The van der Waals surface area contributed by atoms with Gasteiger partial charge < -0.3 is 5.21 Å². The molecule has 0 saturated carbocycles. The monoisotopic (exact) mass is 115 g/mol. The molecule has 5 heteroatoms. The molecule has 0 bridgehead atoms. The summed E-state index contributed by atoms with van der Waals surface area (Å²) in [5.74, 6) is -0.0231. The number of aromatic amines is 1. The average Bonchev–Trinajstić information content (AvgIpc) is 2.12. The first-order chi connectivity index (χ1) is 3.80. The van der Waals surface area contributed by atoms with Gasteiger partial charge in [0.1, 0.15) is 0 Å². The molecule has 0 saturated heterocycles. The smallest absolute Gasteiger partial charge is 0.338 e. The van der Waals surface area contributed by atoms with Crippen LogP contribution in [0.15, 0.2) is 12.4 Å². The first kappa shape index (κ1) is 5.23. The third-order valence-electron chi connectivity index (χ3n) is 0.701. The molecule has 5 nitrogen and oxygen atoms in total. The fraction of sp³-hybridized carbons (Fsp3) is 0. The van der Waals surface area contributed by atoms with Crippen molar-refractivity contribution in [3.8, 4) is 0 Å². The maximum absolute atomic E-state index is 9.97. The van der Waals surface area contributed by atoms with Crippen molar-refractivity contribution in [3.05, 3.63) is 17.6 Å². The van der Waals surface area contributed by atoms with Crippen molar-refractivity contribution in [2.24, 2.45) is 0 Å². The number of nitrogens with zero attached hydrogens (tertiary/aromatic N) is 1. The lowest BCUT2D eigenvalue weighted by molar-refractivity contribution is -0.995. The molecule has 1 unspecified atom stereocenters. The Labute approximate surface area is 45.1 Å². The Morgan fingerprint density at radius 1 is 1.88 bits per heavy atom. The fourth-order valence-electron chi connectivity index (χ4n) is 0.382. The molecule has 1 aromatic rings. The summed E-state index contributed by atoms with van der Waals surface area (Å²) >= 11 is 0. The Morgan fingerprint density at radius 2 is 2.62 bits per heavy atom. The van der Waals surface area contributed by atoms with E-state index in [1.165, 1.54) is 12.4 Å². The lowest BCUT2D eigenvalue weighted by Crippen LogP contribution is -2.99. The summed E-state index contributed by atoms with van der Waals surface area (Å²) in [6.07, 6.45) is 2.85. The van der Waals surface area contributed by atoms with Crippen molar-refractivity contribution in [1.82, 2.24) is 9.97 Å². The zero-order valence-electron chi connectivity index (χ0n) is 3.96. The van der Waals surface area contributed by atoms with Gasteiger partial charge in [-0.3, -0.25) is 4.98 Å². The molecular weight excluding hydrogens is 110 g/mol. The lowest BCUT2D eigenvalue weighted by Gasteiger charge is -2.04. The zero-order valence-corrected chi connectivity index (χ0v) is 3.96. The SMILES string of the molecule is [O-][NH+](O)c1ncc[nH]1. The van der Waals surface area contributed by atoms with Gasteiger partial charge in [-0.05, 0) is 0 Å². The van der Waals surface area contributed by atoms with Crippen molar-refractivity contribution < 1.29 is 10.4 Å². The normalized spacial score (nSPS) is 13.8. The Kier molecular flexibility index (Phi) is 1.25. The summed E-state index contributed by atoms with van der Waals surface area (Å²) in [5, 5.41) is 17.1. The van der Waals surface area contributed by atoms with Gasteiger partial charge in [-0.25, -0.2) is 5.21 Å². The zero-order chi connectivity index (χ0) is 5.98. The van der Waals surface area contributed by atoms with Crippen molar-refractivity contribution in [1.29, 1.82) is 0 Å². The third kappa shape index (κ3) is 0.836. The quantitative estimate of drug-likeness (QED) is 0.403. The second-order valence-corrected chi connectivity index (χ2v) is 1.24. The van der Waals surface area contributed by atoms with E-state index in [2.05, 4.69) is 9.97 Å². The third-order valence-corrected chi connectivity index (χ3v) is 0.701. The molecule has 0 aliphatic heterocycles. The minimum atomic E-state index is -1.03. The molecule has 3 N–H and O–H groups in total. The molecule has 0 amide bonds. The van der Waals surface area contributed by atoms with Gasteiger partial charge in [0.15, 0.2) is 0 Å². The fourth-order valence-corrected chi connectivity index (χ4v) is 0.382. The molecule has 1 rings (SSSR count). The van der Waals surface area contributed by atoms with E-state index < -0.39 is 5.23 Å². The molecule has 1 aromatic heterocycles. The molecule has 0 aromatic carbocycles. The van der Waals surface area contributed by atoms with E-state index in [4.69, 9.17) is 5.21 Å². The van der Waals surface area contributed by atoms with Crippen molar-refractivity contribution in [2.75, 3.05) is 0 Å². The highest BCUT2D eigenvalue weighted by atomic mass is 16.8.